The van der Waals surface area contributed by atoms with Crippen LogP contribution in [-0.2, 0) is 6.54 Å². The van der Waals surface area contributed by atoms with Gasteiger partial charge in [-0.2, -0.15) is 0 Å². The van der Waals surface area contributed by atoms with Crippen LogP contribution in [0.2, 0.25) is 0 Å². The van der Waals surface area contributed by atoms with Crippen molar-refractivity contribution in [2.45, 2.75) is 6.54 Å². The number of nitro groups is 1. The highest BCUT2D eigenvalue weighted by atomic mass is 127. The summed E-state index contributed by atoms with van der Waals surface area (Å²) in [7, 11) is 0. The first kappa shape index (κ1) is 21.2. The monoisotopic (exact) mass is 532 g/mol. The standard InChI is InChI=1S/C22H21IN4O4/c23-19-6-2-1-5-18(19)22(28)26-11-9-25(10-12-26)16-7-8-21(27(29)30)20(14-16)24-15-17-4-3-13-31-17/h1-8,13-14,24H,9-12,15H2. The van der Waals surface area contributed by atoms with E-state index in [1.165, 1.54) is 6.07 Å². The van der Waals surface area contributed by atoms with Crippen LogP contribution in [0.3, 0.4) is 0 Å². The molecule has 2 aromatic carbocycles. The summed E-state index contributed by atoms with van der Waals surface area (Å²) in [6.45, 7) is 2.86. The van der Waals surface area contributed by atoms with Crippen molar-refractivity contribution in [3.05, 3.63) is 85.9 Å². The molecule has 3 aromatic rings. The van der Waals surface area contributed by atoms with Crippen molar-refractivity contribution in [3.8, 4) is 0 Å². The molecule has 1 N–H and O–H groups in total. The molecular weight excluding hydrogens is 511 g/mol. The molecule has 160 valence electrons. The summed E-state index contributed by atoms with van der Waals surface area (Å²) in [5.41, 5.74) is 2.06. The fourth-order valence-electron chi connectivity index (χ4n) is 3.59. The van der Waals surface area contributed by atoms with E-state index in [1.807, 2.05) is 35.2 Å². The second-order valence-electron chi connectivity index (χ2n) is 7.15. The maximum absolute atomic E-state index is 12.8. The van der Waals surface area contributed by atoms with E-state index in [0.717, 1.165) is 14.8 Å². The molecule has 0 unspecified atom stereocenters. The Morgan fingerprint density at radius 2 is 1.87 bits per heavy atom. The molecule has 1 saturated heterocycles. The fraction of sp³-hybridized carbons (Fsp3) is 0.227. The molecule has 0 aliphatic carbocycles. The van der Waals surface area contributed by atoms with Gasteiger partial charge in [-0.15, -0.1) is 0 Å². The highest BCUT2D eigenvalue weighted by Crippen LogP contribution is 2.31. The average molecular weight is 532 g/mol. The number of nitrogens with one attached hydrogen (secondary N) is 1. The number of rotatable bonds is 6. The van der Waals surface area contributed by atoms with Gasteiger partial charge in [0.15, 0.2) is 0 Å². The van der Waals surface area contributed by atoms with E-state index in [4.69, 9.17) is 4.42 Å². The molecule has 1 aromatic heterocycles. The number of piperazine rings is 1. The van der Waals surface area contributed by atoms with Gasteiger partial charge in [-0.1, -0.05) is 12.1 Å². The summed E-state index contributed by atoms with van der Waals surface area (Å²) in [6, 6.07) is 16.2. The summed E-state index contributed by atoms with van der Waals surface area (Å²) >= 11 is 2.18. The molecule has 4 rings (SSSR count). The normalized spacial score (nSPS) is 13.8. The second-order valence-corrected chi connectivity index (χ2v) is 8.31. The quantitative estimate of drug-likeness (QED) is 0.288. The smallest absolute Gasteiger partial charge is 0.292 e. The lowest BCUT2D eigenvalue weighted by molar-refractivity contribution is -0.384. The third-order valence-corrected chi connectivity index (χ3v) is 6.19. The van der Waals surface area contributed by atoms with Crippen LogP contribution in [0.25, 0.3) is 0 Å². The first-order valence-electron chi connectivity index (χ1n) is 9.86. The maximum atomic E-state index is 12.8. The van der Waals surface area contributed by atoms with Gasteiger partial charge in [0.05, 0.1) is 23.3 Å². The van der Waals surface area contributed by atoms with Crippen LogP contribution in [0.15, 0.2) is 65.3 Å². The SMILES string of the molecule is O=C(c1ccccc1I)N1CCN(c2ccc([N+](=O)[O-])c(NCc3ccco3)c2)CC1. The molecule has 0 saturated carbocycles. The van der Waals surface area contributed by atoms with Gasteiger partial charge in [-0.05, 0) is 59.0 Å². The Morgan fingerprint density at radius 3 is 2.55 bits per heavy atom. The summed E-state index contributed by atoms with van der Waals surface area (Å²) in [6.07, 6.45) is 1.57. The van der Waals surface area contributed by atoms with Crippen LogP contribution in [0.4, 0.5) is 17.1 Å². The first-order valence-corrected chi connectivity index (χ1v) is 10.9. The molecular formula is C22H21IN4O4. The zero-order valence-electron chi connectivity index (χ0n) is 16.7. The topological polar surface area (TPSA) is 91.9 Å². The Balaban J connectivity index is 1.45. The van der Waals surface area contributed by atoms with Crippen molar-refractivity contribution in [1.29, 1.82) is 0 Å². The van der Waals surface area contributed by atoms with Gasteiger partial charge in [0.2, 0.25) is 0 Å². The molecule has 2 heterocycles. The van der Waals surface area contributed by atoms with Crippen LogP contribution >= 0.6 is 22.6 Å². The predicted molar refractivity (Wildman–Crippen MR) is 126 cm³/mol. The van der Waals surface area contributed by atoms with Crippen molar-refractivity contribution >= 4 is 45.6 Å². The zero-order valence-corrected chi connectivity index (χ0v) is 18.8. The van der Waals surface area contributed by atoms with Crippen LogP contribution in [0.1, 0.15) is 16.1 Å². The number of carbonyl (C=O) groups is 1. The van der Waals surface area contributed by atoms with Crippen molar-refractivity contribution in [1.82, 2.24) is 4.90 Å². The summed E-state index contributed by atoms with van der Waals surface area (Å²) in [5, 5.41) is 14.5. The van der Waals surface area contributed by atoms with Gasteiger partial charge in [0, 0.05) is 41.5 Å². The number of nitro benzene ring substituents is 1. The van der Waals surface area contributed by atoms with Gasteiger partial charge < -0.3 is 19.5 Å². The van der Waals surface area contributed by atoms with E-state index in [1.54, 1.807) is 24.5 Å². The molecule has 0 spiro atoms. The Kier molecular flexibility index (Phi) is 6.40. The molecule has 8 nitrogen and oxygen atoms in total. The Bertz CT molecular complexity index is 1080. The lowest BCUT2D eigenvalue weighted by Crippen LogP contribution is -2.49. The third-order valence-electron chi connectivity index (χ3n) is 5.25. The van der Waals surface area contributed by atoms with Crippen LogP contribution < -0.4 is 10.2 Å². The fourth-order valence-corrected chi connectivity index (χ4v) is 4.21. The number of amides is 1. The number of halogens is 1. The van der Waals surface area contributed by atoms with E-state index in [2.05, 4.69) is 32.8 Å². The minimum Gasteiger partial charge on any atom is -0.467 e. The summed E-state index contributed by atoms with van der Waals surface area (Å²) in [5.74, 6) is 0.733. The molecule has 0 atom stereocenters. The van der Waals surface area contributed by atoms with Gasteiger partial charge in [-0.3, -0.25) is 14.9 Å². The largest absolute Gasteiger partial charge is 0.467 e. The Hall–Kier alpha value is -3.08. The van der Waals surface area contributed by atoms with Crippen LogP contribution in [0, 0.1) is 13.7 Å². The van der Waals surface area contributed by atoms with Crippen LogP contribution in [0.5, 0.6) is 0 Å². The Morgan fingerprint density at radius 1 is 1.10 bits per heavy atom. The van der Waals surface area contributed by atoms with Crippen molar-refractivity contribution in [2.24, 2.45) is 0 Å². The van der Waals surface area contributed by atoms with E-state index < -0.39 is 4.92 Å². The number of benzene rings is 2. The van der Waals surface area contributed by atoms with Crippen molar-refractivity contribution < 1.29 is 14.1 Å². The van der Waals surface area contributed by atoms with Crippen molar-refractivity contribution in [3.63, 3.8) is 0 Å². The third kappa shape index (κ3) is 4.82. The molecule has 0 bridgehead atoms. The van der Waals surface area contributed by atoms with Gasteiger partial charge in [0.1, 0.15) is 11.4 Å². The number of hydrogen-bond acceptors (Lipinski definition) is 6. The molecule has 1 amide bonds. The molecule has 1 aliphatic rings. The van der Waals surface area contributed by atoms with E-state index in [9.17, 15) is 14.9 Å². The van der Waals surface area contributed by atoms with Crippen LogP contribution in [-0.4, -0.2) is 41.9 Å². The van der Waals surface area contributed by atoms with E-state index in [0.29, 0.717) is 44.2 Å². The number of furan rings is 1. The minimum absolute atomic E-state index is 0.0165. The average Bonchev–Trinajstić information content (AvgIpc) is 3.31. The summed E-state index contributed by atoms with van der Waals surface area (Å²) in [4.78, 5) is 27.9. The van der Waals surface area contributed by atoms with Gasteiger partial charge >= 0.3 is 0 Å². The zero-order chi connectivity index (χ0) is 21.8. The number of nitrogens with zero attached hydrogens (tertiary/aromatic N) is 3. The second kappa shape index (κ2) is 9.38. The van der Waals surface area contributed by atoms with E-state index >= 15 is 0 Å². The molecule has 0 radical (unpaired) electrons. The molecule has 9 heteroatoms. The minimum atomic E-state index is -0.396. The van der Waals surface area contributed by atoms with Gasteiger partial charge in [-0.25, -0.2) is 0 Å². The molecule has 1 fully saturated rings. The lowest BCUT2D eigenvalue weighted by Gasteiger charge is -2.36. The number of carbonyl (C=O) groups excluding carboxylic acids is 1. The highest BCUT2D eigenvalue weighted by molar-refractivity contribution is 14.1. The lowest BCUT2D eigenvalue weighted by atomic mass is 10.1. The number of anilines is 2. The number of hydrogen-bond donors (Lipinski definition) is 1. The van der Waals surface area contributed by atoms with Crippen molar-refractivity contribution in [2.75, 3.05) is 36.4 Å². The molecule has 31 heavy (non-hydrogen) atoms. The maximum Gasteiger partial charge on any atom is 0.292 e. The first-order chi connectivity index (χ1) is 15.0. The van der Waals surface area contributed by atoms with Gasteiger partial charge in [0.25, 0.3) is 11.6 Å². The molecule has 1 aliphatic heterocycles. The Labute approximate surface area is 193 Å². The predicted octanol–water partition coefficient (Wildman–Crippen LogP) is 4.37. The van der Waals surface area contributed by atoms with E-state index in [-0.39, 0.29) is 11.6 Å². The summed E-state index contributed by atoms with van der Waals surface area (Å²) < 4.78 is 6.24. The highest BCUT2D eigenvalue weighted by Gasteiger charge is 2.24.